The normalized spacial score (nSPS) is 17.5. The van der Waals surface area contributed by atoms with Crippen LogP contribution in [0.5, 0.6) is 0 Å². The SMILES string of the molecule is C[C@@H](NC(=O)[C@@H]1CCN(c2ccccc2-n2cccc2)C1=O)c1ccccc1. The van der Waals surface area contributed by atoms with Gasteiger partial charge in [-0.2, -0.15) is 0 Å². The van der Waals surface area contributed by atoms with Gasteiger partial charge < -0.3 is 14.8 Å². The predicted molar refractivity (Wildman–Crippen MR) is 109 cm³/mol. The zero-order valence-corrected chi connectivity index (χ0v) is 15.8. The predicted octanol–water partition coefficient (Wildman–Crippen LogP) is 3.71. The number of benzene rings is 2. The summed E-state index contributed by atoms with van der Waals surface area (Å²) < 4.78 is 1.98. The highest BCUT2D eigenvalue weighted by molar-refractivity contribution is 6.10. The smallest absolute Gasteiger partial charge is 0.239 e. The Morgan fingerprint density at radius 1 is 0.964 bits per heavy atom. The van der Waals surface area contributed by atoms with Gasteiger partial charge in [0.1, 0.15) is 5.92 Å². The zero-order chi connectivity index (χ0) is 19.5. The van der Waals surface area contributed by atoms with Crippen LogP contribution in [0.3, 0.4) is 0 Å². The van der Waals surface area contributed by atoms with Crippen LogP contribution in [0.15, 0.2) is 79.1 Å². The molecule has 4 rings (SSSR count). The molecule has 1 aliphatic heterocycles. The molecule has 2 heterocycles. The van der Waals surface area contributed by atoms with E-state index in [-0.39, 0.29) is 17.9 Å². The molecule has 2 atom stereocenters. The number of hydrogen-bond donors (Lipinski definition) is 1. The average Bonchev–Trinajstić information content (AvgIpc) is 3.38. The van der Waals surface area contributed by atoms with Crippen LogP contribution in [0, 0.1) is 5.92 Å². The number of carbonyl (C=O) groups is 2. The third-order valence-corrected chi connectivity index (χ3v) is 5.24. The molecule has 2 aromatic carbocycles. The van der Waals surface area contributed by atoms with Crippen LogP contribution in [-0.4, -0.2) is 22.9 Å². The number of hydrogen-bond acceptors (Lipinski definition) is 2. The molecule has 0 aliphatic carbocycles. The summed E-state index contributed by atoms with van der Waals surface area (Å²) in [6, 6.07) is 21.3. The van der Waals surface area contributed by atoms with Gasteiger partial charge >= 0.3 is 0 Å². The lowest BCUT2D eigenvalue weighted by Crippen LogP contribution is -2.38. The molecule has 28 heavy (non-hydrogen) atoms. The van der Waals surface area contributed by atoms with Crippen LogP contribution in [0.2, 0.25) is 0 Å². The average molecular weight is 373 g/mol. The Morgan fingerprint density at radius 3 is 2.32 bits per heavy atom. The number of para-hydroxylation sites is 2. The summed E-state index contributed by atoms with van der Waals surface area (Å²) in [6.45, 7) is 2.47. The summed E-state index contributed by atoms with van der Waals surface area (Å²) in [5.41, 5.74) is 2.78. The van der Waals surface area contributed by atoms with Crippen molar-refractivity contribution in [1.29, 1.82) is 0 Å². The molecule has 0 saturated carbocycles. The molecule has 3 aromatic rings. The lowest BCUT2D eigenvalue weighted by Gasteiger charge is -2.21. The molecule has 0 bridgehead atoms. The summed E-state index contributed by atoms with van der Waals surface area (Å²) >= 11 is 0. The first-order valence-corrected chi connectivity index (χ1v) is 9.54. The largest absolute Gasteiger partial charge is 0.349 e. The van der Waals surface area contributed by atoms with E-state index < -0.39 is 5.92 Å². The molecule has 1 saturated heterocycles. The van der Waals surface area contributed by atoms with Crippen LogP contribution >= 0.6 is 0 Å². The lowest BCUT2D eigenvalue weighted by molar-refractivity contribution is -0.132. The van der Waals surface area contributed by atoms with Crippen molar-refractivity contribution in [2.24, 2.45) is 5.92 Å². The molecule has 1 aliphatic rings. The van der Waals surface area contributed by atoms with E-state index in [4.69, 9.17) is 0 Å². The van der Waals surface area contributed by atoms with Crippen molar-refractivity contribution in [2.45, 2.75) is 19.4 Å². The molecule has 0 unspecified atom stereocenters. The molecule has 1 aromatic heterocycles. The summed E-state index contributed by atoms with van der Waals surface area (Å²) in [5.74, 6) is -0.997. The number of carbonyl (C=O) groups excluding carboxylic acids is 2. The minimum Gasteiger partial charge on any atom is -0.349 e. The number of nitrogens with one attached hydrogen (secondary N) is 1. The van der Waals surface area contributed by atoms with Gasteiger partial charge in [0.05, 0.1) is 17.4 Å². The van der Waals surface area contributed by atoms with Crippen LogP contribution in [0.1, 0.15) is 24.9 Å². The Hall–Kier alpha value is -3.34. The van der Waals surface area contributed by atoms with Crippen LogP contribution < -0.4 is 10.2 Å². The van der Waals surface area contributed by atoms with Gasteiger partial charge in [-0.3, -0.25) is 9.59 Å². The first-order chi connectivity index (χ1) is 13.6. The minimum atomic E-state index is -0.649. The van der Waals surface area contributed by atoms with Crippen molar-refractivity contribution in [1.82, 2.24) is 9.88 Å². The molecular formula is C23H23N3O2. The first-order valence-electron chi connectivity index (χ1n) is 9.54. The van der Waals surface area contributed by atoms with Crippen molar-refractivity contribution >= 4 is 17.5 Å². The molecular weight excluding hydrogens is 350 g/mol. The molecule has 1 fully saturated rings. The molecule has 142 valence electrons. The Kier molecular flexibility index (Phi) is 4.98. The van der Waals surface area contributed by atoms with Gasteiger partial charge in [0.2, 0.25) is 11.8 Å². The number of nitrogens with zero attached hydrogens (tertiary/aromatic N) is 2. The van der Waals surface area contributed by atoms with Crippen molar-refractivity contribution in [3.63, 3.8) is 0 Å². The topological polar surface area (TPSA) is 54.3 Å². The molecule has 0 spiro atoms. The molecule has 5 nitrogen and oxygen atoms in total. The van der Waals surface area contributed by atoms with Gasteiger partial charge in [-0.1, -0.05) is 42.5 Å². The zero-order valence-electron chi connectivity index (χ0n) is 15.8. The van der Waals surface area contributed by atoms with E-state index >= 15 is 0 Å². The van der Waals surface area contributed by atoms with Crippen molar-refractivity contribution in [2.75, 3.05) is 11.4 Å². The molecule has 0 radical (unpaired) electrons. The Balaban J connectivity index is 1.51. The summed E-state index contributed by atoms with van der Waals surface area (Å²) in [4.78, 5) is 27.5. The van der Waals surface area contributed by atoms with Crippen LogP contribution in [0.4, 0.5) is 5.69 Å². The van der Waals surface area contributed by atoms with Gasteiger partial charge in [-0.25, -0.2) is 0 Å². The quantitative estimate of drug-likeness (QED) is 0.693. The second kappa shape index (κ2) is 7.72. The maximum Gasteiger partial charge on any atom is 0.239 e. The number of rotatable bonds is 5. The maximum absolute atomic E-state index is 13.0. The van der Waals surface area contributed by atoms with Gasteiger partial charge in [-0.15, -0.1) is 0 Å². The molecule has 5 heteroatoms. The van der Waals surface area contributed by atoms with E-state index in [0.29, 0.717) is 13.0 Å². The number of aromatic nitrogens is 1. The van der Waals surface area contributed by atoms with Gasteiger partial charge in [-0.05, 0) is 43.2 Å². The fourth-order valence-electron chi connectivity index (χ4n) is 3.71. The summed E-state index contributed by atoms with van der Waals surface area (Å²) in [5, 5.41) is 2.99. The minimum absolute atomic E-state index is 0.136. The highest BCUT2D eigenvalue weighted by Crippen LogP contribution is 2.31. The highest BCUT2D eigenvalue weighted by Gasteiger charge is 2.38. The van der Waals surface area contributed by atoms with E-state index in [0.717, 1.165) is 16.9 Å². The monoisotopic (exact) mass is 373 g/mol. The maximum atomic E-state index is 13.0. The van der Waals surface area contributed by atoms with E-state index in [1.807, 2.05) is 90.6 Å². The lowest BCUT2D eigenvalue weighted by atomic mass is 10.0. The highest BCUT2D eigenvalue weighted by atomic mass is 16.2. The Labute approximate surface area is 164 Å². The van der Waals surface area contributed by atoms with Crippen LogP contribution in [-0.2, 0) is 9.59 Å². The van der Waals surface area contributed by atoms with Crippen molar-refractivity contribution < 1.29 is 9.59 Å². The molecule has 2 amide bonds. The van der Waals surface area contributed by atoms with Gasteiger partial charge in [0.15, 0.2) is 0 Å². The fraction of sp³-hybridized carbons (Fsp3) is 0.217. The number of amides is 2. The van der Waals surface area contributed by atoms with E-state index in [1.165, 1.54) is 0 Å². The van der Waals surface area contributed by atoms with Crippen LogP contribution in [0.25, 0.3) is 5.69 Å². The summed E-state index contributed by atoms with van der Waals surface area (Å²) in [7, 11) is 0. The van der Waals surface area contributed by atoms with Gasteiger partial charge in [0.25, 0.3) is 0 Å². The Bertz CT molecular complexity index is 967. The first kappa shape index (κ1) is 18.0. The number of anilines is 1. The molecule has 1 N–H and O–H groups in total. The summed E-state index contributed by atoms with van der Waals surface area (Å²) in [6.07, 6.45) is 4.42. The van der Waals surface area contributed by atoms with Crippen molar-refractivity contribution in [3.05, 3.63) is 84.7 Å². The van der Waals surface area contributed by atoms with Gasteiger partial charge in [0, 0.05) is 18.9 Å². The third kappa shape index (κ3) is 3.43. The van der Waals surface area contributed by atoms with E-state index in [2.05, 4.69) is 5.32 Å². The Morgan fingerprint density at radius 2 is 1.61 bits per heavy atom. The van der Waals surface area contributed by atoms with Crippen molar-refractivity contribution in [3.8, 4) is 5.69 Å². The standard InChI is InChI=1S/C23H23N3O2/c1-17(18-9-3-2-4-10-18)24-22(27)19-13-16-26(23(19)28)21-12-6-5-11-20(21)25-14-7-8-15-25/h2-12,14-15,17,19H,13,16H2,1H3,(H,24,27)/t17-,19+/m1/s1. The van der Waals surface area contributed by atoms with E-state index in [1.54, 1.807) is 4.90 Å². The third-order valence-electron chi connectivity index (χ3n) is 5.24. The second-order valence-electron chi connectivity index (χ2n) is 7.05. The fourth-order valence-corrected chi connectivity index (χ4v) is 3.71. The van der Waals surface area contributed by atoms with E-state index in [9.17, 15) is 9.59 Å². The second-order valence-corrected chi connectivity index (χ2v) is 7.05.